The van der Waals surface area contributed by atoms with Crippen LogP contribution in [-0.2, 0) is 5.75 Å². The van der Waals surface area contributed by atoms with Gasteiger partial charge in [-0.3, -0.25) is 0 Å². The lowest BCUT2D eigenvalue weighted by molar-refractivity contribution is 0.0694. The number of carboxylic acid groups (broad SMARTS) is 1. The smallest absolute Gasteiger partial charge is 0.339 e. The second-order valence-corrected chi connectivity index (χ2v) is 4.40. The van der Waals surface area contributed by atoms with E-state index >= 15 is 0 Å². The molecule has 15 heavy (non-hydrogen) atoms. The summed E-state index contributed by atoms with van der Waals surface area (Å²) in [5, 5.41) is 8.93. The molecular formula is C10H14N2O2S. The van der Waals surface area contributed by atoms with Gasteiger partial charge in [0.15, 0.2) is 0 Å². The lowest BCUT2D eigenvalue weighted by Gasteiger charge is -2.06. The third-order valence-corrected chi connectivity index (χ3v) is 2.84. The van der Waals surface area contributed by atoms with E-state index in [1.807, 2.05) is 0 Å². The third kappa shape index (κ3) is 2.92. The van der Waals surface area contributed by atoms with Crippen molar-refractivity contribution in [1.29, 1.82) is 0 Å². The van der Waals surface area contributed by atoms with Crippen molar-refractivity contribution in [3.63, 3.8) is 0 Å². The molecule has 0 unspecified atom stereocenters. The summed E-state index contributed by atoms with van der Waals surface area (Å²) < 4.78 is 0. The molecule has 1 aromatic heterocycles. The van der Waals surface area contributed by atoms with Gasteiger partial charge in [0.1, 0.15) is 11.4 Å². The standard InChI is InChI=1S/C10H14N2O2S/c1-4-15-5-8-11-6(2)9(10(13)14)7(3)12-8/h4-5H2,1-3H3,(H,13,14). The van der Waals surface area contributed by atoms with E-state index < -0.39 is 5.97 Å². The van der Waals surface area contributed by atoms with Crippen LogP contribution in [-0.4, -0.2) is 26.8 Å². The highest BCUT2D eigenvalue weighted by molar-refractivity contribution is 7.98. The molecule has 1 heterocycles. The Kier molecular flexibility index (Phi) is 4.08. The number of carboxylic acids is 1. The molecule has 0 spiro atoms. The Morgan fingerprint density at radius 1 is 1.33 bits per heavy atom. The predicted octanol–water partition coefficient (Wildman–Crippen LogP) is 2.04. The molecule has 82 valence electrons. The number of rotatable bonds is 4. The first-order valence-corrected chi connectivity index (χ1v) is 5.86. The zero-order chi connectivity index (χ0) is 11.4. The fraction of sp³-hybridized carbons (Fsp3) is 0.500. The van der Waals surface area contributed by atoms with Gasteiger partial charge in [-0.25, -0.2) is 14.8 Å². The van der Waals surface area contributed by atoms with Crippen LogP contribution in [0.3, 0.4) is 0 Å². The van der Waals surface area contributed by atoms with Gasteiger partial charge in [0.2, 0.25) is 0 Å². The molecular weight excluding hydrogens is 212 g/mol. The number of hydrogen-bond donors (Lipinski definition) is 1. The van der Waals surface area contributed by atoms with E-state index in [1.54, 1.807) is 25.6 Å². The summed E-state index contributed by atoms with van der Waals surface area (Å²) in [5.41, 5.74) is 1.31. The molecule has 0 aliphatic rings. The van der Waals surface area contributed by atoms with E-state index in [-0.39, 0.29) is 5.56 Å². The summed E-state index contributed by atoms with van der Waals surface area (Å²) in [6.07, 6.45) is 0. The van der Waals surface area contributed by atoms with E-state index in [1.165, 1.54) is 0 Å². The summed E-state index contributed by atoms with van der Waals surface area (Å²) in [5.74, 6) is 1.49. The first-order valence-electron chi connectivity index (χ1n) is 4.71. The van der Waals surface area contributed by atoms with Crippen LogP contribution in [0.15, 0.2) is 0 Å². The Labute approximate surface area is 93.1 Å². The van der Waals surface area contributed by atoms with E-state index in [0.717, 1.165) is 11.5 Å². The average molecular weight is 226 g/mol. The molecule has 0 aliphatic heterocycles. The number of aromatic nitrogens is 2. The number of carbonyl (C=O) groups is 1. The van der Waals surface area contributed by atoms with Gasteiger partial charge in [-0.05, 0) is 19.6 Å². The minimum absolute atomic E-state index is 0.222. The summed E-state index contributed by atoms with van der Waals surface area (Å²) in [6, 6.07) is 0. The normalized spacial score (nSPS) is 10.3. The van der Waals surface area contributed by atoms with Crippen molar-refractivity contribution < 1.29 is 9.90 Å². The molecule has 0 atom stereocenters. The average Bonchev–Trinajstić information content (AvgIpc) is 2.12. The van der Waals surface area contributed by atoms with Crippen LogP contribution in [0.5, 0.6) is 0 Å². The Bertz CT molecular complexity index is 357. The number of nitrogens with zero attached hydrogens (tertiary/aromatic N) is 2. The summed E-state index contributed by atoms with van der Waals surface area (Å²) in [7, 11) is 0. The monoisotopic (exact) mass is 226 g/mol. The molecule has 1 rings (SSSR count). The summed E-state index contributed by atoms with van der Waals surface area (Å²) in [4.78, 5) is 19.2. The SMILES string of the molecule is CCSCc1nc(C)c(C(=O)O)c(C)n1. The quantitative estimate of drug-likeness (QED) is 0.851. The van der Waals surface area contributed by atoms with Crippen molar-refractivity contribution in [2.45, 2.75) is 26.5 Å². The van der Waals surface area contributed by atoms with E-state index in [9.17, 15) is 4.79 Å². The molecule has 0 saturated carbocycles. The lowest BCUT2D eigenvalue weighted by atomic mass is 10.2. The van der Waals surface area contributed by atoms with Crippen molar-refractivity contribution in [2.75, 3.05) is 5.75 Å². The molecule has 0 radical (unpaired) electrons. The number of aryl methyl sites for hydroxylation is 2. The molecule has 1 N–H and O–H groups in total. The second-order valence-electron chi connectivity index (χ2n) is 3.13. The zero-order valence-electron chi connectivity index (χ0n) is 9.07. The lowest BCUT2D eigenvalue weighted by Crippen LogP contribution is -2.09. The highest BCUT2D eigenvalue weighted by Gasteiger charge is 2.14. The van der Waals surface area contributed by atoms with Gasteiger partial charge in [-0.2, -0.15) is 11.8 Å². The topological polar surface area (TPSA) is 63.1 Å². The largest absolute Gasteiger partial charge is 0.478 e. The first-order chi connectivity index (χ1) is 7.06. The minimum atomic E-state index is -0.959. The van der Waals surface area contributed by atoms with Crippen LogP contribution in [0.4, 0.5) is 0 Å². The molecule has 0 saturated heterocycles. The van der Waals surface area contributed by atoms with Gasteiger partial charge >= 0.3 is 5.97 Å². The zero-order valence-corrected chi connectivity index (χ0v) is 9.89. The van der Waals surface area contributed by atoms with Crippen molar-refractivity contribution in [2.24, 2.45) is 0 Å². The Balaban J connectivity index is 3.03. The maximum absolute atomic E-state index is 10.9. The van der Waals surface area contributed by atoms with Crippen LogP contribution >= 0.6 is 11.8 Å². The van der Waals surface area contributed by atoms with Crippen molar-refractivity contribution in [3.05, 3.63) is 22.8 Å². The number of thioether (sulfide) groups is 1. The van der Waals surface area contributed by atoms with Gasteiger partial charge in [-0.1, -0.05) is 6.92 Å². The van der Waals surface area contributed by atoms with Crippen LogP contribution < -0.4 is 0 Å². The van der Waals surface area contributed by atoms with E-state index in [0.29, 0.717) is 17.2 Å². The number of hydrogen-bond acceptors (Lipinski definition) is 4. The Hall–Kier alpha value is -1.10. The van der Waals surface area contributed by atoms with Gasteiger partial charge < -0.3 is 5.11 Å². The van der Waals surface area contributed by atoms with Gasteiger partial charge in [-0.15, -0.1) is 0 Å². The Morgan fingerprint density at radius 2 is 1.87 bits per heavy atom. The third-order valence-electron chi connectivity index (χ3n) is 1.97. The summed E-state index contributed by atoms with van der Waals surface area (Å²) >= 11 is 1.72. The maximum Gasteiger partial charge on any atom is 0.339 e. The highest BCUT2D eigenvalue weighted by atomic mass is 32.2. The molecule has 5 heteroatoms. The van der Waals surface area contributed by atoms with Crippen LogP contribution in [0.2, 0.25) is 0 Å². The molecule has 0 fully saturated rings. The Morgan fingerprint density at radius 3 is 2.27 bits per heavy atom. The first kappa shape index (κ1) is 12.0. The van der Waals surface area contributed by atoms with Crippen LogP contribution in [0.1, 0.15) is 34.5 Å². The van der Waals surface area contributed by atoms with Crippen LogP contribution in [0.25, 0.3) is 0 Å². The molecule has 4 nitrogen and oxygen atoms in total. The van der Waals surface area contributed by atoms with E-state index in [4.69, 9.17) is 5.11 Å². The van der Waals surface area contributed by atoms with Crippen molar-refractivity contribution >= 4 is 17.7 Å². The van der Waals surface area contributed by atoms with Gasteiger partial charge in [0.25, 0.3) is 0 Å². The predicted molar refractivity (Wildman–Crippen MR) is 60.3 cm³/mol. The molecule has 0 aromatic carbocycles. The highest BCUT2D eigenvalue weighted by Crippen LogP contribution is 2.13. The van der Waals surface area contributed by atoms with Gasteiger partial charge in [0.05, 0.1) is 17.1 Å². The van der Waals surface area contributed by atoms with Crippen LogP contribution in [0, 0.1) is 13.8 Å². The molecule has 0 amide bonds. The molecule has 0 aliphatic carbocycles. The van der Waals surface area contributed by atoms with Gasteiger partial charge in [0, 0.05) is 0 Å². The molecule has 1 aromatic rings. The minimum Gasteiger partial charge on any atom is -0.478 e. The van der Waals surface area contributed by atoms with E-state index in [2.05, 4.69) is 16.9 Å². The fourth-order valence-corrected chi connectivity index (χ4v) is 1.87. The summed E-state index contributed by atoms with van der Waals surface area (Å²) in [6.45, 7) is 5.48. The number of aromatic carboxylic acids is 1. The fourth-order valence-electron chi connectivity index (χ4n) is 1.35. The van der Waals surface area contributed by atoms with Crippen molar-refractivity contribution in [3.8, 4) is 0 Å². The second kappa shape index (κ2) is 5.11. The molecule has 0 bridgehead atoms. The maximum atomic E-state index is 10.9. The van der Waals surface area contributed by atoms with Crippen molar-refractivity contribution in [1.82, 2.24) is 9.97 Å².